The molecule has 0 spiro atoms. The average Bonchev–Trinajstić information content (AvgIpc) is 2.54. The second-order valence-corrected chi connectivity index (χ2v) is 6.36. The van der Waals surface area contributed by atoms with Gasteiger partial charge in [0.1, 0.15) is 5.60 Å². The van der Waals surface area contributed by atoms with Crippen LogP contribution < -0.4 is 5.32 Å². The molecule has 1 fully saturated rings. The molecule has 0 unspecified atom stereocenters. The number of carbonyl (C=O) groups excluding carboxylic acids is 2. The van der Waals surface area contributed by atoms with Crippen molar-refractivity contribution in [1.29, 1.82) is 0 Å². The number of nitrogens with zero attached hydrogens (tertiary/aromatic N) is 1. The number of carbonyl (C=O) groups is 2. The molecule has 1 aliphatic rings. The Kier molecular flexibility index (Phi) is 6.60. The van der Waals surface area contributed by atoms with Gasteiger partial charge in [-0.2, -0.15) is 0 Å². The summed E-state index contributed by atoms with van der Waals surface area (Å²) in [4.78, 5) is 25.7. The minimum atomic E-state index is -0.816. The van der Waals surface area contributed by atoms with Crippen molar-refractivity contribution < 1.29 is 19.1 Å². The number of morpholine rings is 1. The molecular weight excluding hydrogens is 332 g/mol. The normalized spacial score (nSPS) is 20.7. The van der Waals surface area contributed by atoms with Gasteiger partial charge in [0.05, 0.1) is 26.2 Å². The summed E-state index contributed by atoms with van der Waals surface area (Å²) in [6, 6.07) is 7.36. The van der Waals surface area contributed by atoms with Crippen molar-refractivity contribution in [2.75, 3.05) is 33.4 Å². The van der Waals surface area contributed by atoms with E-state index in [0.29, 0.717) is 31.3 Å². The molecule has 0 radical (unpaired) electrons. The van der Waals surface area contributed by atoms with E-state index in [0.717, 1.165) is 5.56 Å². The van der Waals surface area contributed by atoms with Gasteiger partial charge >= 0.3 is 0 Å². The van der Waals surface area contributed by atoms with Gasteiger partial charge in [-0.15, -0.1) is 0 Å². The van der Waals surface area contributed by atoms with Gasteiger partial charge in [-0.3, -0.25) is 9.59 Å². The van der Waals surface area contributed by atoms with Crippen molar-refractivity contribution in [2.45, 2.75) is 25.5 Å². The molecule has 7 heteroatoms. The molecule has 0 aliphatic carbocycles. The van der Waals surface area contributed by atoms with E-state index in [1.807, 2.05) is 18.2 Å². The molecule has 6 nitrogen and oxygen atoms in total. The molecule has 1 N–H and O–H groups in total. The Morgan fingerprint density at radius 2 is 2.17 bits per heavy atom. The Hall–Kier alpha value is -1.63. The lowest BCUT2D eigenvalue weighted by Gasteiger charge is -2.41. The van der Waals surface area contributed by atoms with Gasteiger partial charge in [-0.05, 0) is 11.6 Å². The smallest absolute Gasteiger partial charge is 0.223 e. The molecule has 1 saturated heterocycles. The van der Waals surface area contributed by atoms with Crippen molar-refractivity contribution in [3.63, 3.8) is 0 Å². The molecule has 1 aliphatic heterocycles. The van der Waals surface area contributed by atoms with E-state index in [1.54, 1.807) is 18.1 Å². The number of methoxy groups -OCH3 is 1. The number of hydrogen-bond donors (Lipinski definition) is 1. The fourth-order valence-electron chi connectivity index (χ4n) is 2.81. The third-order valence-corrected chi connectivity index (χ3v) is 4.39. The predicted molar refractivity (Wildman–Crippen MR) is 90.7 cm³/mol. The van der Waals surface area contributed by atoms with Crippen LogP contribution in [-0.2, 0) is 25.6 Å². The monoisotopic (exact) mass is 354 g/mol. The van der Waals surface area contributed by atoms with Gasteiger partial charge in [-0.1, -0.05) is 29.8 Å². The van der Waals surface area contributed by atoms with Crippen LogP contribution in [0.25, 0.3) is 0 Å². The minimum Gasteiger partial charge on any atom is -0.382 e. The molecule has 1 heterocycles. The van der Waals surface area contributed by atoms with Crippen molar-refractivity contribution in [3.8, 4) is 0 Å². The van der Waals surface area contributed by atoms with Gasteiger partial charge in [0.15, 0.2) is 0 Å². The third kappa shape index (κ3) is 4.93. The number of amides is 2. The maximum absolute atomic E-state index is 12.4. The summed E-state index contributed by atoms with van der Waals surface area (Å²) in [5.41, 5.74) is 0.0340. The van der Waals surface area contributed by atoms with E-state index in [4.69, 9.17) is 21.1 Å². The molecule has 2 rings (SSSR count). The Morgan fingerprint density at radius 3 is 2.83 bits per heavy atom. The number of rotatable bonds is 6. The summed E-state index contributed by atoms with van der Waals surface area (Å²) >= 11 is 6.09. The van der Waals surface area contributed by atoms with Crippen LogP contribution in [0.5, 0.6) is 0 Å². The lowest BCUT2D eigenvalue weighted by Crippen LogP contribution is -2.57. The second kappa shape index (κ2) is 8.46. The zero-order valence-electron chi connectivity index (χ0n) is 14.0. The SMILES string of the molecule is COC[C@@]1(CC(=O)NCc2ccccc2Cl)CN(C(C)=O)CCO1. The fourth-order valence-corrected chi connectivity index (χ4v) is 3.02. The Morgan fingerprint density at radius 1 is 1.42 bits per heavy atom. The number of benzene rings is 1. The van der Waals surface area contributed by atoms with Crippen molar-refractivity contribution >= 4 is 23.4 Å². The molecular formula is C17H23ClN2O4. The minimum absolute atomic E-state index is 0.0322. The number of hydrogen-bond acceptors (Lipinski definition) is 4. The molecule has 2 amide bonds. The maximum Gasteiger partial charge on any atom is 0.223 e. The highest BCUT2D eigenvalue weighted by molar-refractivity contribution is 6.31. The summed E-state index contributed by atoms with van der Waals surface area (Å²) in [6.07, 6.45) is 0.120. The lowest BCUT2D eigenvalue weighted by molar-refractivity contribution is -0.165. The fraction of sp³-hybridized carbons (Fsp3) is 0.529. The van der Waals surface area contributed by atoms with Crippen molar-refractivity contribution in [2.24, 2.45) is 0 Å². The Bertz CT molecular complexity index is 592. The first-order valence-electron chi connectivity index (χ1n) is 7.84. The lowest BCUT2D eigenvalue weighted by atomic mass is 9.97. The highest BCUT2D eigenvalue weighted by atomic mass is 35.5. The van der Waals surface area contributed by atoms with Crippen LogP contribution in [0.1, 0.15) is 18.9 Å². The van der Waals surface area contributed by atoms with E-state index in [1.165, 1.54) is 6.92 Å². The standard InChI is InChI=1S/C17H23ClN2O4/c1-13(21)20-7-8-24-17(11-20,12-23-2)9-16(22)19-10-14-5-3-4-6-15(14)18/h3-6H,7-12H2,1-2H3,(H,19,22)/t17-/m1/s1. The van der Waals surface area contributed by atoms with Crippen LogP contribution in [0.4, 0.5) is 0 Å². The topological polar surface area (TPSA) is 67.9 Å². The molecule has 1 aromatic rings. The largest absolute Gasteiger partial charge is 0.382 e. The second-order valence-electron chi connectivity index (χ2n) is 5.95. The first-order valence-corrected chi connectivity index (χ1v) is 8.22. The quantitative estimate of drug-likeness (QED) is 0.842. The third-order valence-electron chi connectivity index (χ3n) is 4.02. The van der Waals surface area contributed by atoms with Crippen molar-refractivity contribution in [1.82, 2.24) is 10.2 Å². The van der Waals surface area contributed by atoms with Crippen LogP contribution in [0.2, 0.25) is 5.02 Å². The number of nitrogens with one attached hydrogen (secondary N) is 1. The van der Waals surface area contributed by atoms with Crippen LogP contribution in [0.15, 0.2) is 24.3 Å². The Labute approximate surface area is 147 Å². The summed E-state index contributed by atoms with van der Waals surface area (Å²) in [7, 11) is 1.56. The van der Waals surface area contributed by atoms with Gasteiger partial charge in [0.2, 0.25) is 11.8 Å². The summed E-state index contributed by atoms with van der Waals surface area (Å²) in [6.45, 7) is 3.37. The molecule has 132 valence electrons. The van der Waals surface area contributed by atoms with Gasteiger partial charge in [-0.25, -0.2) is 0 Å². The van der Waals surface area contributed by atoms with E-state index in [-0.39, 0.29) is 24.8 Å². The first kappa shape index (κ1) is 18.7. The molecule has 1 aromatic carbocycles. The zero-order chi connectivity index (χ0) is 17.6. The zero-order valence-corrected chi connectivity index (χ0v) is 14.8. The van der Waals surface area contributed by atoms with E-state index in [2.05, 4.69) is 5.32 Å². The van der Waals surface area contributed by atoms with E-state index < -0.39 is 5.60 Å². The maximum atomic E-state index is 12.4. The highest BCUT2D eigenvalue weighted by Crippen LogP contribution is 2.23. The summed E-state index contributed by atoms with van der Waals surface area (Å²) < 4.78 is 11.1. The van der Waals surface area contributed by atoms with Crippen LogP contribution >= 0.6 is 11.6 Å². The van der Waals surface area contributed by atoms with Crippen LogP contribution in [0, 0.1) is 0 Å². The Balaban J connectivity index is 1.98. The van der Waals surface area contributed by atoms with Gasteiger partial charge < -0.3 is 19.7 Å². The number of halogens is 1. The van der Waals surface area contributed by atoms with Crippen LogP contribution in [-0.4, -0.2) is 55.7 Å². The molecule has 0 bridgehead atoms. The first-order chi connectivity index (χ1) is 11.5. The predicted octanol–water partition coefficient (Wildman–Crippen LogP) is 1.61. The average molecular weight is 355 g/mol. The highest BCUT2D eigenvalue weighted by Gasteiger charge is 2.39. The molecule has 1 atom stereocenters. The molecule has 0 saturated carbocycles. The van der Waals surface area contributed by atoms with Gasteiger partial charge in [0, 0.05) is 32.1 Å². The van der Waals surface area contributed by atoms with Crippen molar-refractivity contribution in [3.05, 3.63) is 34.9 Å². The summed E-state index contributed by atoms with van der Waals surface area (Å²) in [5.74, 6) is -0.201. The number of ether oxygens (including phenoxy) is 2. The molecule has 24 heavy (non-hydrogen) atoms. The van der Waals surface area contributed by atoms with Crippen LogP contribution in [0.3, 0.4) is 0 Å². The van der Waals surface area contributed by atoms with E-state index >= 15 is 0 Å². The van der Waals surface area contributed by atoms with Gasteiger partial charge in [0.25, 0.3) is 0 Å². The van der Waals surface area contributed by atoms with E-state index in [9.17, 15) is 9.59 Å². The molecule has 0 aromatic heterocycles. The summed E-state index contributed by atoms with van der Waals surface area (Å²) in [5, 5.41) is 3.46.